The molecule has 1 saturated carbocycles. The minimum Gasteiger partial charge on any atom is -0.342 e. The average Bonchev–Trinajstić information content (AvgIpc) is 3.37. The second-order valence-corrected chi connectivity index (χ2v) is 6.97. The standard InChI is InChI=1S/C19H26N2O2/c1-3-21(16-9-5-4-6-10-16)18(23)19(11-12-19)17(22)20-13-7-8-15(2)14-20/h4-6,9-10,15H,3,7-8,11-14H2,1-2H3. The van der Waals surface area contributed by atoms with Crippen LogP contribution in [0.1, 0.15) is 39.5 Å². The van der Waals surface area contributed by atoms with E-state index >= 15 is 0 Å². The fourth-order valence-corrected chi connectivity index (χ4v) is 3.63. The Morgan fingerprint density at radius 1 is 1.26 bits per heavy atom. The Hall–Kier alpha value is -1.84. The summed E-state index contributed by atoms with van der Waals surface area (Å²) in [6.45, 7) is 6.34. The maximum absolute atomic E-state index is 13.1. The van der Waals surface area contributed by atoms with Gasteiger partial charge in [-0.25, -0.2) is 0 Å². The molecule has 23 heavy (non-hydrogen) atoms. The van der Waals surface area contributed by atoms with Gasteiger partial charge < -0.3 is 9.80 Å². The van der Waals surface area contributed by atoms with Crippen LogP contribution in [0.5, 0.6) is 0 Å². The Labute approximate surface area is 138 Å². The second kappa shape index (κ2) is 6.34. The first kappa shape index (κ1) is 16.0. The van der Waals surface area contributed by atoms with Gasteiger partial charge in [-0.15, -0.1) is 0 Å². The summed E-state index contributed by atoms with van der Waals surface area (Å²) in [5.41, 5.74) is 0.0919. The third-order valence-electron chi connectivity index (χ3n) is 5.14. The number of hydrogen-bond acceptors (Lipinski definition) is 2. The molecule has 1 heterocycles. The molecule has 1 saturated heterocycles. The lowest BCUT2D eigenvalue weighted by atomic mass is 9.96. The van der Waals surface area contributed by atoms with E-state index in [9.17, 15) is 9.59 Å². The monoisotopic (exact) mass is 314 g/mol. The summed E-state index contributed by atoms with van der Waals surface area (Å²) < 4.78 is 0. The largest absolute Gasteiger partial charge is 0.342 e. The van der Waals surface area contributed by atoms with Gasteiger partial charge in [0.1, 0.15) is 5.41 Å². The predicted octanol–water partition coefficient (Wildman–Crippen LogP) is 3.08. The van der Waals surface area contributed by atoms with E-state index in [1.165, 1.54) is 6.42 Å². The van der Waals surface area contributed by atoms with Crippen molar-refractivity contribution in [3.8, 4) is 0 Å². The van der Waals surface area contributed by atoms with Crippen LogP contribution < -0.4 is 4.90 Å². The highest BCUT2D eigenvalue weighted by Crippen LogP contribution is 2.49. The van der Waals surface area contributed by atoms with Crippen LogP contribution in [0.3, 0.4) is 0 Å². The smallest absolute Gasteiger partial charge is 0.242 e. The molecule has 124 valence electrons. The van der Waals surface area contributed by atoms with Gasteiger partial charge >= 0.3 is 0 Å². The predicted molar refractivity (Wildman–Crippen MR) is 91.1 cm³/mol. The minimum absolute atomic E-state index is 0.0190. The van der Waals surface area contributed by atoms with Crippen LogP contribution in [0.25, 0.3) is 0 Å². The number of amides is 2. The molecule has 1 aromatic rings. The molecule has 0 radical (unpaired) electrons. The molecule has 1 atom stereocenters. The van der Waals surface area contributed by atoms with Crippen molar-refractivity contribution in [2.24, 2.45) is 11.3 Å². The van der Waals surface area contributed by atoms with Crippen LogP contribution in [0.15, 0.2) is 30.3 Å². The van der Waals surface area contributed by atoms with Crippen LogP contribution in [-0.4, -0.2) is 36.3 Å². The summed E-state index contributed by atoms with van der Waals surface area (Å²) in [7, 11) is 0. The van der Waals surface area contributed by atoms with Gasteiger partial charge in [0.2, 0.25) is 11.8 Å². The van der Waals surface area contributed by atoms with Crippen LogP contribution >= 0.6 is 0 Å². The van der Waals surface area contributed by atoms with Gasteiger partial charge in [0.15, 0.2) is 0 Å². The Bertz CT molecular complexity index is 580. The highest BCUT2D eigenvalue weighted by molar-refractivity contribution is 6.14. The maximum atomic E-state index is 13.1. The van der Waals surface area contributed by atoms with Crippen molar-refractivity contribution in [3.05, 3.63) is 30.3 Å². The lowest BCUT2D eigenvalue weighted by molar-refractivity contribution is -0.144. The van der Waals surface area contributed by atoms with Crippen molar-refractivity contribution in [1.29, 1.82) is 0 Å². The van der Waals surface area contributed by atoms with Crippen LogP contribution in [0.4, 0.5) is 5.69 Å². The maximum Gasteiger partial charge on any atom is 0.242 e. The molecular formula is C19H26N2O2. The molecule has 0 aromatic heterocycles. The molecule has 1 aromatic carbocycles. The topological polar surface area (TPSA) is 40.6 Å². The number of anilines is 1. The summed E-state index contributed by atoms with van der Waals surface area (Å²) >= 11 is 0. The SMILES string of the molecule is CCN(C(=O)C1(C(=O)N2CCCC(C)C2)CC1)c1ccccc1. The number of benzene rings is 1. The molecule has 4 heteroatoms. The lowest BCUT2D eigenvalue weighted by Crippen LogP contribution is -2.49. The minimum atomic E-state index is -0.789. The highest BCUT2D eigenvalue weighted by Gasteiger charge is 2.59. The van der Waals surface area contributed by atoms with Crippen molar-refractivity contribution in [3.63, 3.8) is 0 Å². The lowest BCUT2D eigenvalue weighted by Gasteiger charge is -2.35. The normalized spacial score (nSPS) is 22.5. The Morgan fingerprint density at radius 3 is 2.52 bits per heavy atom. The van der Waals surface area contributed by atoms with E-state index in [2.05, 4.69) is 6.92 Å². The fourth-order valence-electron chi connectivity index (χ4n) is 3.63. The average molecular weight is 314 g/mol. The van der Waals surface area contributed by atoms with Gasteiger partial charge in [-0.1, -0.05) is 25.1 Å². The van der Waals surface area contributed by atoms with E-state index in [1.54, 1.807) is 4.90 Å². The zero-order chi connectivity index (χ0) is 16.4. The quantitative estimate of drug-likeness (QED) is 0.801. The van der Waals surface area contributed by atoms with Crippen LogP contribution in [0.2, 0.25) is 0 Å². The Balaban J connectivity index is 1.79. The Morgan fingerprint density at radius 2 is 1.96 bits per heavy atom. The molecule has 0 N–H and O–H groups in total. The molecule has 0 bridgehead atoms. The molecule has 1 aliphatic heterocycles. The molecule has 1 unspecified atom stereocenters. The molecule has 2 fully saturated rings. The third kappa shape index (κ3) is 2.99. The number of carbonyl (C=O) groups excluding carboxylic acids is 2. The van der Waals surface area contributed by atoms with Crippen molar-refractivity contribution in [2.45, 2.75) is 39.5 Å². The van der Waals surface area contributed by atoms with Crippen molar-refractivity contribution < 1.29 is 9.59 Å². The first-order valence-corrected chi connectivity index (χ1v) is 8.75. The van der Waals surface area contributed by atoms with Gasteiger partial charge in [0.25, 0.3) is 0 Å². The number of nitrogens with zero attached hydrogens (tertiary/aromatic N) is 2. The zero-order valence-corrected chi connectivity index (χ0v) is 14.1. The second-order valence-electron chi connectivity index (χ2n) is 6.97. The van der Waals surface area contributed by atoms with Crippen molar-refractivity contribution in [1.82, 2.24) is 4.90 Å². The highest BCUT2D eigenvalue weighted by atomic mass is 16.2. The summed E-state index contributed by atoms with van der Waals surface area (Å²) in [5.74, 6) is 0.577. The van der Waals surface area contributed by atoms with E-state index in [4.69, 9.17) is 0 Å². The van der Waals surface area contributed by atoms with Gasteiger partial charge in [-0.05, 0) is 50.7 Å². The zero-order valence-electron chi connectivity index (χ0n) is 14.1. The summed E-state index contributed by atoms with van der Waals surface area (Å²) in [5, 5.41) is 0. The van der Waals surface area contributed by atoms with Gasteiger partial charge in [0.05, 0.1) is 0 Å². The number of hydrogen-bond donors (Lipinski definition) is 0. The number of carbonyl (C=O) groups is 2. The fraction of sp³-hybridized carbons (Fsp3) is 0.579. The molecule has 1 aliphatic carbocycles. The summed E-state index contributed by atoms with van der Waals surface area (Å²) in [6.07, 6.45) is 3.61. The van der Waals surface area contributed by atoms with Gasteiger partial charge in [0, 0.05) is 25.3 Å². The number of para-hydroxylation sites is 1. The first-order valence-electron chi connectivity index (χ1n) is 8.75. The van der Waals surface area contributed by atoms with Gasteiger partial charge in [-0.3, -0.25) is 9.59 Å². The van der Waals surface area contributed by atoms with Crippen LogP contribution in [0, 0.1) is 11.3 Å². The van der Waals surface area contributed by atoms with Crippen molar-refractivity contribution >= 4 is 17.5 Å². The molecule has 3 rings (SSSR count). The summed E-state index contributed by atoms with van der Waals surface area (Å²) in [4.78, 5) is 29.8. The van der Waals surface area contributed by atoms with E-state index in [0.29, 0.717) is 25.3 Å². The molecule has 0 spiro atoms. The number of likely N-dealkylation sites (tertiary alicyclic amines) is 1. The third-order valence-corrected chi connectivity index (χ3v) is 5.14. The molecule has 2 aliphatic rings. The van der Waals surface area contributed by atoms with Crippen molar-refractivity contribution in [2.75, 3.05) is 24.5 Å². The molecular weight excluding hydrogens is 288 g/mol. The number of rotatable bonds is 4. The van der Waals surface area contributed by atoms with E-state index in [0.717, 1.165) is 25.2 Å². The van der Waals surface area contributed by atoms with E-state index in [-0.39, 0.29) is 11.8 Å². The van der Waals surface area contributed by atoms with E-state index < -0.39 is 5.41 Å². The summed E-state index contributed by atoms with van der Waals surface area (Å²) in [6, 6.07) is 9.67. The first-order chi connectivity index (χ1) is 11.1. The Kier molecular flexibility index (Phi) is 4.42. The molecule has 4 nitrogen and oxygen atoms in total. The molecule has 2 amide bonds. The van der Waals surface area contributed by atoms with Crippen LogP contribution in [-0.2, 0) is 9.59 Å². The van der Waals surface area contributed by atoms with E-state index in [1.807, 2.05) is 42.2 Å². The van der Waals surface area contributed by atoms with Gasteiger partial charge in [-0.2, -0.15) is 0 Å². The number of piperidine rings is 1.